The Kier molecular flexibility index (Phi) is 39.7. The molecule has 15 heavy (non-hydrogen) atoms. The molecule has 0 aliphatic rings. The van der Waals surface area contributed by atoms with Crippen molar-refractivity contribution in [1.29, 1.82) is 5.26 Å². The van der Waals surface area contributed by atoms with Gasteiger partial charge in [0.05, 0.1) is 8.80 Å². The van der Waals surface area contributed by atoms with Crippen molar-refractivity contribution in [3.05, 3.63) is 44.3 Å². The van der Waals surface area contributed by atoms with Crippen molar-refractivity contribution in [2.24, 2.45) is 0 Å². The van der Waals surface area contributed by atoms with Crippen LogP contribution in [0.1, 0.15) is 0 Å². The Morgan fingerprint density at radius 3 is 1.53 bits per heavy atom. The topological polar surface area (TPSA) is 23.8 Å². The summed E-state index contributed by atoms with van der Waals surface area (Å²) in [5.41, 5.74) is 0. The van der Waals surface area contributed by atoms with Gasteiger partial charge >= 0.3 is 37.7 Å². The van der Waals surface area contributed by atoms with Gasteiger partial charge in [0, 0.05) is 17.1 Å². The van der Waals surface area contributed by atoms with Gasteiger partial charge in [0.2, 0.25) is 0 Å². The third-order valence-corrected chi connectivity index (χ3v) is 2.84. The van der Waals surface area contributed by atoms with Crippen LogP contribution in [-0.4, -0.2) is 8.80 Å². The molecule has 0 aliphatic heterocycles. The zero-order valence-corrected chi connectivity index (χ0v) is 12.1. The van der Waals surface area contributed by atoms with Crippen LogP contribution in [0, 0.1) is 19.3 Å². The van der Waals surface area contributed by atoms with Crippen LogP contribution in [0.4, 0.5) is 0 Å². The van der Waals surface area contributed by atoms with Crippen molar-refractivity contribution in [3.8, 4) is 0 Å². The fourth-order valence-corrected chi connectivity index (χ4v) is 1.63. The standard InChI is InChI=1S/C8H11Si.CN.CH3.Cu.2Li/c1-9(2)8-6-4-3-5-7-8;1-2;;;;/h3-7H,1-2H3;;1H3;;;/q;2*-1;;2*+1. The molecule has 5 heteroatoms. The van der Waals surface area contributed by atoms with E-state index < -0.39 is 0 Å². The molecule has 0 amide bonds. The SMILES string of the molecule is C[Si](C)c1ccccc1.[C-]#N.[CH3-].[Cu].[Li+].[Li+]. The molecule has 0 fully saturated rings. The van der Waals surface area contributed by atoms with Crippen molar-refractivity contribution >= 4 is 14.0 Å². The van der Waals surface area contributed by atoms with E-state index in [1.165, 1.54) is 5.19 Å². The zero-order valence-electron chi connectivity index (χ0n) is 10.1. The van der Waals surface area contributed by atoms with Gasteiger partial charge in [-0.05, 0) is 0 Å². The maximum Gasteiger partial charge on any atom is 1.00 e. The average molecular weight is 254 g/mol. The molecule has 1 nitrogen and oxygen atoms in total. The maximum atomic E-state index is 6.25. The van der Waals surface area contributed by atoms with Crippen LogP contribution in [0.25, 0.3) is 0 Å². The van der Waals surface area contributed by atoms with Crippen LogP contribution >= 0.6 is 0 Å². The van der Waals surface area contributed by atoms with E-state index in [2.05, 4.69) is 43.4 Å². The van der Waals surface area contributed by atoms with Gasteiger partial charge in [-0.25, -0.2) is 0 Å². The zero-order chi connectivity index (χ0) is 8.69. The second-order valence-corrected chi connectivity index (χ2v) is 4.94. The van der Waals surface area contributed by atoms with Crippen molar-refractivity contribution in [2.75, 3.05) is 0 Å². The minimum atomic E-state index is -0.212. The number of rotatable bonds is 1. The minimum Gasteiger partial charge on any atom is -0.512 e. The van der Waals surface area contributed by atoms with Gasteiger partial charge in [-0.15, -0.1) is 0 Å². The maximum absolute atomic E-state index is 6.25. The van der Waals surface area contributed by atoms with E-state index in [1.54, 1.807) is 0 Å². The monoisotopic (exact) mass is 253 g/mol. The van der Waals surface area contributed by atoms with E-state index in [4.69, 9.17) is 11.8 Å². The summed E-state index contributed by atoms with van der Waals surface area (Å²) in [6.07, 6.45) is 0. The van der Waals surface area contributed by atoms with E-state index in [-0.39, 0.29) is 71.0 Å². The van der Waals surface area contributed by atoms with Gasteiger partial charge in [0.15, 0.2) is 0 Å². The summed E-state index contributed by atoms with van der Waals surface area (Å²) in [6, 6.07) is 10.7. The molecule has 0 aromatic heterocycles. The average Bonchev–Trinajstić information content (AvgIpc) is 2.10. The summed E-state index contributed by atoms with van der Waals surface area (Å²) in [6.45, 7) is 9.36. The van der Waals surface area contributed by atoms with Gasteiger partial charge in [0.1, 0.15) is 0 Å². The van der Waals surface area contributed by atoms with Crippen LogP contribution in [0.15, 0.2) is 30.3 Å². The van der Waals surface area contributed by atoms with Crippen molar-refractivity contribution < 1.29 is 54.8 Å². The normalized spacial score (nSPS) is 6.20. The first kappa shape index (κ1) is 29.6. The van der Waals surface area contributed by atoms with E-state index in [0.29, 0.717) is 0 Å². The molecule has 2 radical (unpaired) electrons. The first-order valence-electron chi connectivity index (χ1n) is 3.38. The number of nitrogens with zero attached hydrogens (tertiary/aromatic N) is 1. The largest absolute Gasteiger partial charge is 1.00 e. The summed E-state index contributed by atoms with van der Waals surface area (Å²) < 4.78 is 0. The molecular weight excluding hydrogens is 240 g/mol. The van der Waals surface area contributed by atoms with Crippen molar-refractivity contribution in [2.45, 2.75) is 13.1 Å². The summed E-state index contributed by atoms with van der Waals surface area (Å²) in [7, 11) is -0.212. The van der Waals surface area contributed by atoms with E-state index in [0.717, 1.165) is 0 Å². The van der Waals surface area contributed by atoms with Crippen LogP contribution < -0.4 is 42.9 Å². The molecule has 0 spiro atoms. The first-order chi connectivity index (χ1) is 5.30. The smallest absolute Gasteiger partial charge is 0.512 e. The molecule has 1 rings (SSSR count). The van der Waals surface area contributed by atoms with E-state index >= 15 is 0 Å². The van der Waals surface area contributed by atoms with Gasteiger partial charge in [-0.3, -0.25) is 0 Å². The number of hydrogen-bond acceptors (Lipinski definition) is 1. The third-order valence-electron chi connectivity index (χ3n) is 1.35. The predicted octanol–water partition coefficient (Wildman–Crippen LogP) is -3.80. The molecule has 76 valence electrons. The summed E-state index contributed by atoms with van der Waals surface area (Å²) >= 11 is 0. The fourth-order valence-electron chi connectivity index (χ4n) is 0.771. The van der Waals surface area contributed by atoms with Crippen LogP contribution in [0.5, 0.6) is 0 Å². The Morgan fingerprint density at radius 2 is 1.33 bits per heavy atom. The second-order valence-electron chi connectivity index (χ2n) is 2.37. The number of benzene rings is 1. The predicted molar refractivity (Wildman–Crippen MR) is 54.9 cm³/mol. The van der Waals surface area contributed by atoms with Gasteiger partial charge in [-0.1, -0.05) is 48.6 Å². The number of hydrogen-bond donors (Lipinski definition) is 0. The van der Waals surface area contributed by atoms with Gasteiger partial charge < -0.3 is 19.3 Å². The van der Waals surface area contributed by atoms with Gasteiger partial charge in [-0.2, -0.15) is 0 Å². The molecule has 0 saturated carbocycles. The third kappa shape index (κ3) is 14.6. The molecule has 0 saturated heterocycles. The molecule has 1 aromatic rings. The molecular formula is C10H14CuLi2NSi. The molecule has 0 aliphatic carbocycles. The first-order valence-corrected chi connectivity index (χ1v) is 5.88. The minimum absolute atomic E-state index is 0. The summed E-state index contributed by atoms with van der Waals surface area (Å²) in [5, 5.41) is 7.77. The second kappa shape index (κ2) is 20.1. The Balaban J connectivity index is -0.0000000526. The van der Waals surface area contributed by atoms with Crippen LogP contribution in [-0.2, 0) is 17.1 Å². The van der Waals surface area contributed by atoms with Crippen LogP contribution in [0.3, 0.4) is 0 Å². The van der Waals surface area contributed by atoms with Crippen LogP contribution in [0.2, 0.25) is 13.1 Å². The summed E-state index contributed by atoms with van der Waals surface area (Å²) in [5.74, 6) is 0. The van der Waals surface area contributed by atoms with E-state index in [9.17, 15) is 0 Å². The fraction of sp³-hybridized carbons (Fsp3) is 0.200. The molecule has 0 atom stereocenters. The molecule has 0 heterocycles. The Morgan fingerprint density at radius 1 is 1.00 bits per heavy atom. The molecule has 0 unspecified atom stereocenters. The quantitative estimate of drug-likeness (QED) is 0.372. The van der Waals surface area contributed by atoms with Crippen molar-refractivity contribution in [3.63, 3.8) is 0 Å². The Bertz CT molecular complexity index is 217. The summed E-state index contributed by atoms with van der Waals surface area (Å²) in [4.78, 5) is 0. The Labute approximate surface area is 130 Å². The molecule has 1 aromatic carbocycles. The van der Waals surface area contributed by atoms with Crippen molar-refractivity contribution in [1.82, 2.24) is 0 Å². The van der Waals surface area contributed by atoms with E-state index in [1.807, 2.05) is 0 Å². The Hall–Kier alpha value is 0.641. The van der Waals surface area contributed by atoms with Gasteiger partial charge in [0.25, 0.3) is 0 Å². The molecule has 0 bridgehead atoms. The molecule has 0 N–H and O–H groups in total.